The van der Waals surface area contributed by atoms with Crippen LogP contribution in [0.3, 0.4) is 0 Å². The summed E-state index contributed by atoms with van der Waals surface area (Å²) in [5.74, 6) is 0.652. The zero-order valence-electron chi connectivity index (χ0n) is 30.1. The molecule has 1 aliphatic rings. The van der Waals surface area contributed by atoms with E-state index >= 15 is 0 Å². The van der Waals surface area contributed by atoms with Crippen molar-refractivity contribution >= 4 is 43.4 Å². The average Bonchev–Trinajstić information content (AvgIpc) is 3.67. The second-order valence-electron chi connectivity index (χ2n) is 15.1. The van der Waals surface area contributed by atoms with Crippen molar-refractivity contribution in [3.8, 4) is 50.7 Å². The highest BCUT2D eigenvalue weighted by Crippen LogP contribution is 2.51. The number of benzene rings is 8. The van der Waals surface area contributed by atoms with E-state index in [4.69, 9.17) is 9.97 Å². The van der Waals surface area contributed by atoms with Crippen LogP contribution in [0.2, 0.25) is 0 Å². The van der Waals surface area contributed by atoms with E-state index in [1.807, 2.05) is 0 Å². The number of fused-ring (bicyclic) bond motifs is 8. The lowest BCUT2D eigenvalue weighted by atomic mass is 9.82. The zero-order valence-corrected chi connectivity index (χ0v) is 30.1. The molecule has 2 heterocycles. The van der Waals surface area contributed by atoms with Gasteiger partial charge in [0.1, 0.15) is 0 Å². The molecule has 0 radical (unpaired) electrons. The minimum atomic E-state index is -0.117. The summed E-state index contributed by atoms with van der Waals surface area (Å²) in [6, 6.07) is 63.6. The Hall–Kier alpha value is -6.84. The van der Waals surface area contributed by atoms with Crippen molar-refractivity contribution in [3.63, 3.8) is 0 Å². The molecule has 0 spiro atoms. The summed E-state index contributed by atoms with van der Waals surface area (Å²) in [4.78, 5) is 10.9. The van der Waals surface area contributed by atoms with Gasteiger partial charge in [-0.1, -0.05) is 153 Å². The van der Waals surface area contributed by atoms with E-state index < -0.39 is 0 Å². The van der Waals surface area contributed by atoms with E-state index in [-0.39, 0.29) is 5.41 Å². The Kier molecular flexibility index (Phi) is 6.60. The number of nitrogens with zero attached hydrogens (tertiary/aromatic N) is 3. The van der Waals surface area contributed by atoms with Crippen LogP contribution in [-0.4, -0.2) is 14.5 Å². The summed E-state index contributed by atoms with van der Waals surface area (Å²) in [6.45, 7) is 4.70. The number of aromatic nitrogens is 3. The molecule has 0 N–H and O–H groups in total. The number of hydrogen-bond donors (Lipinski definition) is 0. The molecule has 0 bridgehead atoms. The van der Waals surface area contributed by atoms with Crippen molar-refractivity contribution in [2.45, 2.75) is 19.3 Å². The van der Waals surface area contributed by atoms with Gasteiger partial charge in [-0.05, 0) is 91.3 Å². The van der Waals surface area contributed by atoms with Crippen molar-refractivity contribution in [2.24, 2.45) is 0 Å². The highest BCUT2D eigenvalue weighted by Gasteiger charge is 2.36. The smallest absolute Gasteiger partial charge is 0.235 e. The highest BCUT2D eigenvalue weighted by atomic mass is 15.2. The Morgan fingerprint density at radius 2 is 0.963 bits per heavy atom. The average molecular weight is 690 g/mol. The third-order valence-electron chi connectivity index (χ3n) is 11.6. The first-order valence-electron chi connectivity index (χ1n) is 18.7. The normalized spacial score (nSPS) is 13.1. The summed E-state index contributed by atoms with van der Waals surface area (Å²) < 4.78 is 2.31. The van der Waals surface area contributed by atoms with Crippen LogP contribution >= 0.6 is 0 Å². The van der Waals surface area contributed by atoms with Gasteiger partial charge in [-0.25, -0.2) is 9.97 Å². The molecule has 0 unspecified atom stereocenters. The lowest BCUT2D eigenvalue weighted by molar-refractivity contribution is 0.661. The third kappa shape index (κ3) is 4.68. The molecular weight excluding hydrogens is 655 g/mol. The second-order valence-corrected chi connectivity index (χ2v) is 15.1. The Labute approximate surface area is 313 Å². The van der Waals surface area contributed by atoms with E-state index in [2.05, 4.69) is 194 Å². The first kappa shape index (κ1) is 30.8. The van der Waals surface area contributed by atoms with Crippen LogP contribution in [0.5, 0.6) is 0 Å². The standard InChI is InChI=1S/C51H35N3/c1-51(2)44-19-11-10-18-40(44)42-30-49-43(29-45(42)51)41-25-24-37(32-12-4-3-5-13-32)28-48(41)54(49)50-52-46(38-22-20-33-14-6-8-16-35(33)26-38)31-47(53-50)39-23-21-34-15-7-9-17-36(34)27-39/h3-31H,1-2H3. The third-order valence-corrected chi connectivity index (χ3v) is 11.6. The molecule has 0 saturated heterocycles. The fraction of sp³-hybridized carbons (Fsp3) is 0.0588. The van der Waals surface area contributed by atoms with Crippen LogP contribution < -0.4 is 0 Å². The van der Waals surface area contributed by atoms with Gasteiger partial charge in [-0.2, -0.15) is 0 Å². The number of rotatable bonds is 4. The van der Waals surface area contributed by atoms with Crippen molar-refractivity contribution in [1.29, 1.82) is 0 Å². The maximum absolute atomic E-state index is 5.46. The van der Waals surface area contributed by atoms with Gasteiger partial charge in [-0.15, -0.1) is 0 Å². The molecule has 54 heavy (non-hydrogen) atoms. The van der Waals surface area contributed by atoms with Crippen LogP contribution in [0, 0.1) is 0 Å². The van der Waals surface area contributed by atoms with Crippen LogP contribution in [0.25, 0.3) is 94.1 Å². The van der Waals surface area contributed by atoms with Gasteiger partial charge >= 0.3 is 0 Å². The molecule has 10 aromatic rings. The summed E-state index contributed by atoms with van der Waals surface area (Å²) >= 11 is 0. The first-order chi connectivity index (χ1) is 26.5. The second kappa shape index (κ2) is 11.6. The minimum Gasteiger partial charge on any atom is -0.278 e. The molecule has 0 amide bonds. The molecule has 0 atom stereocenters. The van der Waals surface area contributed by atoms with Crippen LogP contribution in [0.1, 0.15) is 25.0 Å². The summed E-state index contributed by atoms with van der Waals surface area (Å²) in [7, 11) is 0. The van der Waals surface area contributed by atoms with Gasteiger partial charge in [-0.3, -0.25) is 4.57 Å². The van der Waals surface area contributed by atoms with Crippen LogP contribution in [0.4, 0.5) is 0 Å². The van der Waals surface area contributed by atoms with Crippen molar-refractivity contribution < 1.29 is 0 Å². The lowest BCUT2D eigenvalue weighted by Gasteiger charge is -2.21. The van der Waals surface area contributed by atoms with Crippen molar-refractivity contribution in [1.82, 2.24) is 14.5 Å². The summed E-state index contributed by atoms with van der Waals surface area (Å²) in [5.41, 5.74) is 13.6. The van der Waals surface area contributed by atoms with Gasteiger partial charge in [0, 0.05) is 27.3 Å². The van der Waals surface area contributed by atoms with E-state index in [1.165, 1.54) is 60.1 Å². The molecule has 11 rings (SSSR count). The Bertz CT molecular complexity index is 3030. The minimum absolute atomic E-state index is 0.117. The fourth-order valence-electron chi connectivity index (χ4n) is 8.76. The molecule has 0 saturated carbocycles. The molecular formula is C51H35N3. The van der Waals surface area contributed by atoms with Gasteiger partial charge in [0.25, 0.3) is 0 Å². The van der Waals surface area contributed by atoms with Crippen molar-refractivity contribution in [3.05, 3.63) is 187 Å². The molecule has 2 aromatic heterocycles. The predicted molar refractivity (Wildman–Crippen MR) is 225 cm³/mol. The lowest BCUT2D eigenvalue weighted by Crippen LogP contribution is -2.14. The summed E-state index contributed by atoms with van der Waals surface area (Å²) in [6.07, 6.45) is 0. The first-order valence-corrected chi connectivity index (χ1v) is 18.7. The zero-order chi connectivity index (χ0) is 36.0. The molecule has 3 heteroatoms. The van der Waals surface area contributed by atoms with E-state index in [9.17, 15) is 0 Å². The fourth-order valence-corrected chi connectivity index (χ4v) is 8.76. The highest BCUT2D eigenvalue weighted by molar-refractivity contribution is 6.12. The van der Waals surface area contributed by atoms with E-state index in [1.54, 1.807) is 0 Å². The largest absolute Gasteiger partial charge is 0.278 e. The molecule has 3 nitrogen and oxygen atoms in total. The Balaban J connectivity index is 1.23. The van der Waals surface area contributed by atoms with Gasteiger partial charge in [0.15, 0.2) is 0 Å². The topological polar surface area (TPSA) is 30.7 Å². The molecule has 1 aliphatic carbocycles. The Morgan fingerprint density at radius 1 is 0.389 bits per heavy atom. The van der Waals surface area contributed by atoms with Gasteiger partial charge in [0.2, 0.25) is 5.95 Å². The maximum atomic E-state index is 5.46. The SMILES string of the molecule is CC1(C)c2ccccc2-c2cc3c(cc21)c1ccc(-c2ccccc2)cc1n3-c1nc(-c2ccc3ccccc3c2)cc(-c2ccc3ccccc3c2)n1. The predicted octanol–water partition coefficient (Wildman–Crippen LogP) is 13.2. The number of hydrogen-bond acceptors (Lipinski definition) is 2. The molecule has 254 valence electrons. The van der Waals surface area contributed by atoms with E-state index in [0.29, 0.717) is 5.95 Å². The van der Waals surface area contributed by atoms with Gasteiger partial charge in [0.05, 0.1) is 22.4 Å². The van der Waals surface area contributed by atoms with Crippen molar-refractivity contribution in [2.75, 3.05) is 0 Å². The van der Waals surface area contributed by atoms with Gasteiger partial charge < -0.3 is 0 Å². The quantitative estimate of drug-likeness (QED) is 0.184. The molecule has 8 aromatic carbocycles. The maximum Gasteiger partial charge on any atom is 0.235 e. The monoisotopic (exact) mass is 689 g/mol. The Morgan fingerprint density at radius 3 is 1.65 bits per heavy atom. The van der Waals surface area contributed by atoms with Crippen LogP contribution in [0.15, 0.2) is 176 Å². The van der Waals surface area contributed by atoms with Crippen LogP contribution in [-0.2, 0) is 5.41 Å². The van der Waals surface area contributed by atoms with E-state index in [0.717, 1.165) is 39.1 Å². The molecule has 0 fully saturated rings. The molecule has 0 aliphatic heterocycles. The summed E-state index contributed by atoms with van der Waals surface area (Å²) in [5, 5.41) is 7.17.